The van der Waals surface area contributed by atoms with E-state index >= 15 is 0 Å². The number of nitrogens with two attached hydrogens (primary N) is 2. The average molecular weight is 446 g/mol. The van der Waals surface area contributed by atoms with Gasteiger partial charge in [0.25, 0.3) is 0 Å². The fourth-order valence-corrected chi connectivity index (χ4v) is 3.59. The fraction of sp³-hybridized carbons (Fsp3) is 0.722. The number of carboxylic acids is 1. The van der Waals surface area contributed by atoms with E-state index in [4.69, 9.17) is 16.6 Å². The van der Waals surface area contributed by atoms with Crippen LogP contribution in [0.1, 0.15) is 39.0 Å². The smallest absolute Gasteiger partial charge is 0.326 e. The summed E-state index contributed by atoms with van der Waals surface area (Å²) < 4.78 is 0. The molecule has 4 unspecified atom stereocenters. The van der Waals surface area contributed by atoms with Crippen LogP contribution in [0.4, 0.5) is 0 Å². The van der Waals surface area contributed by atoms with Crippen LogP contribution in [0.3, 0.4) is 0 Å². The molecule has 0 radical (unpaired) electrons. The highest BCUT2D eigenvalue weighted by Crippen LogP contribution is 2.19. The van der Waals surface area contributed by atoms with Crippen LogP contribution in [0.25, 0.3) is 0 Å². The van der Waals surface area contributed by atoms with E-state index in [1.165, 1.54) is 11.8 Å². The van der Waals surface area contributed by atoms with Gasteiger partial charge in [-0.05, 0) is 44.6 Å². The molecule has 1 saturated heterocycles. The van der Waals surface area contributed by atoms with Gasteiger partial charge in [0.2, 0.25) is 23.6 Å². The number of nitrogens with one attached hydrogen (secondary N) is 2. The van der Waals surface area contributed by atoms with Gasteiger partial charge in [-0.2, -0.15) is 11.8 Å². The molecule has 170 valence electrons. The van der Waals surface area contributed by atoms with Crippen molar-refractivity contribution >= 4 is 41.4 Å². The van der Waals surface area contributed by atoms with Crippen LogP contribution >= 0.6 is 11.8 Å². The summed E-state index contributed by atoms with van der Waals surface area (Å²) >= 11 is 1.58. The van der Waals surface area contributed by atoms with Crippen LogP contribution in [0.2, 0.25) is 0 Å². The summed E-state index contributed by atoms with van der Waals surface area (Å²) in [5.41, 5.74) is 10.9. The number of amides is 4. The zero-order valence-electron chi connectivity index (χ0n) is 17.3. The summed E-state index contributed by atoms with van der Waals surface area (Å²) in [4.78, 5) is 61.0. The molecule has 11 nitrogen and oxygen atoms in total. The Morgan fingerprint density at radius 3 is 2.43 bits per heavy atom. The molecule has 0 spiro atoms. The second kappa shape index (κ2) is 12.4. The maximum Gasteiger partial charge on any atom is 0.326 e. The first kappa shape index (κ1) is 25.7. The van der Waals surface area contributed by atoms with Crippen LogP contribution in [-0.2, 0) is 24.0 Å². The Kier molecular flexibility index (Phi) is 10.6. The van der Waals surface area contributed by atoms with E-state index in [0.717, 1.165) is 5.75 Å². The first-order valence-corrected chi connectivity index (χ1v) is 11.1. The Hall–Kier alpha value is -2.34. The van der Waals surface area contributed by atoms with E-state index in [2.05, 4.69) is 10.6 Å². The van der Waals surface area contributed by atoms with Gasteiger partial charge in [-0.1, -0.05) is 0 Å². The molecular weight excluding hydrogens is 414 g/mol. The molecule has 1 rings (SSSR count). The molecule has 30 heavy (non-hydrogen) atoms. The lowest BCUT2D eigenvalue weighted by Gasteiger charge is -2.27. The SMILES string of the molecule is CSCCC(N)C(=O)N1CCCC1C(=O)NC(C)C(=O)NC(CCC(N)=O)C(=O)O. The van der Waals surface area contributed by atoms with Crippen molar-refractivity contribution in [3.05, 3.63) is 0 Å². The minimum absolute atomic E-state index is 0.157. The summed E-state index contributed by atoms with van der Waals surface area (Å²) in [5.74, 6) is -2.77. The van der Waals surface area contributed by atoms with E-state index in [-0.39, 0.29) is 18.7 Å². The van der Waals surface area contributed by atoms with Crippen molar-refractivity contribution in [2.24, 2.45) is 11.5 Å². The summed E-state index contributed by atoms with van der Waals surface area (Å²) in [5, 5.41) is 14.0. The first-order chi connectivity index (χ1) is 14.1. The number of nitrogens with zero attached hydrogens (tertiary/aromatic N) is 1. The van der Waals surface area contributed by atoms with Gasteiger partial charge in [0.1, 0.15) is 18.1 Å². The lowest BCUT2D eigenvalue weighted by Crippen LogP contribution is -2.55. The highest BCUT2D eigenvalue weighted by molar-refractivity contribution is 7.98. The minimum Gasteiger partial charge on any atom is -0.480 e. The topological polar surface area (TPSA) is 185 Å². The number of hydrogen-bond donors (Lipinski definition) is 5. The molecule has 1 aliphatic heterocycles. The molecule has 0 bridgehead atoms. The average Bonchev–Trinajstić information content (AvgIpc) is 3.17. The molecule has 0 aromatic carbocycles. The van der Waals surface area contributed by atoms with E-state index in [9.17, 15) is 24.0 Å². The van der Waals surface area contributed by atoms with Gasteiger partial charge < -0.3 is 32.1 Å². The molecule has 0 saturated carbocycles. The summed E-state index contributed by atoms with van der Waals surface area (Å²) in [6.07, 6.45) is 3.17. The van der Waals surface area contributed by atoms with Crippen molar-refractivity contribution in [3.8, 4) is 0 Å². The number of carbonyl (C=O) groups excluding carboxylic acids is 4. The Morgan fingerprint density at radius 2 is 1.87 bits per heavy atom. The molecule has 4 amide bonds. The van der Waals surface area contributed by atoms with Crippen molar-refractivity contribution in [3.63, 3.8) is 0 Å². The molecule has 1 heterocycles. The van der Waals surface area contributed by atoms with E-state index in [1.807, 2.05) is 6.26 Å². The molecule has 4 atom stereocenters. The van der Waals surface area contributed by atoms with Crippen molar-refractivity contribution < 1.29 is 29.1 Å². The first-order valence-electron chi connectivity index (χ1n) is 9.75. The number of likely N-dealkylation sites (tertiary alicyclic amines) is 1. The van der Waals surface area contributed by atoms with Gasteiger partial charge in [-0.3, -0.25) is 19.2 Å². The lowest BCUT2D eigenvalue weighted by molar-refractivity contribution is -0.143. The van der Waals surface area contributed by atoms with Gasteiger partial charge in [0.15, 0.2) is 0 Å². The maximum absolute atomic E-state index is 12.6. The van der Waals surface area contributed by atoms with Crippen LogP contribution in [0, 0.1) is 0 Å². The van der Waals surface area contributed by atoms with Gasteiger partial charge in [-0.15, -0.1) is 0 Å². The van der Waals surface area contributed by atoms with Crippen molar-refractivity contribution in [2.75, 3.05) is 18.6 Å². The highest BCUT2D eigenvalue weighted by atomic mass is 32.2. The van der Waals surface area contributed by atoms with E-state index in [1.54, 1.807) is 11.8 Å². The fourth-order valence-electron chi connectivity index (χ4n) is 3.10. The monoisotopic (exact) mass is 445 g/mol. The molecule has 1 aliphatic rings. The van der Waals surface area contributed by atoms with Crippen LogP contribution in [0.15, 0.2) is 0 Å². The molecule has 0 aromatic rings. The highest BCUT2D eigenvalue weighted by Gasteiger charge is 2.37. The Labute approximate surface area is 179 Å². The second-order valence-electron chi connectivity index (χ2n) is 7.21. The van der Waals surface area contributed by atoms with Crippen molar-refractivity contribution in [1.29, 1.82) is 0 Å². The third-order valence-corrected chi connectivity index (χ3v) is 5.48. The van der Waals surface area contributed by atoms with Gasteiger partial charge in [0.05, 0.1) is 6.04 Å². The summed E-state index contributed by atoms with van der Waals surface area (Å²) in [7, 11) is 0. The molecule has 7 N–H and O–H groups in total. The maximum atomic E-state index is 12.6. The normalized spacial score (nSPS) is 18.9. The summed E-state index contributed by atoms with van der Waals surface area (Å²) in [6, 6.07) is -3.75. The van der Waals surface area contributed by atoms with Gasteiger partial charge >= 0.3 is 5.97 Å². The quantitative estimate of drug-likeness (QED) is 0.238. The number of hydrogen-bond acceptors (Lipinski definition) is 7. The van der Waals surface area contributed by atoms with E-state index < -0.39 is 47.9 Å². The van der Waals surface area contributed by atoms with Crippen LogP contribution in [-0.4, -0.2) is 82.3 Å². The number of thioether (sulfide) groups is 1. The number of rotatable bonds is 12. The molecule has 0 aromatic heterocycles. The Morgan fingerprint density at radius 1 is 1.20 bits per heavy atom. The number of carboxylic acid groups (broad SMARTS) is 1. The zero-order chi connectivity index (χ0) is 22.8. The van der Waals surface area contributed by atoms with Crippen molar-refractivity contribution in [2.45, 2.75) is 63.2 Å². The van der Waals surface area contributed by atoms with Crippen LogP contribution < -0.4 is 22.1 Å². The molecule has 12 heteroatoms. The molecule has 0 aliphatic carbocycles. The predicted molar refractivity (Wildman–Crippen MR) is 111 cm³/mol. The molecular formula is C18H31N5O6S. The van der Waals surface area contributed by atoms with Gasteiger partial charge in [0, 0.05) is 13.0 Å². The number of carbonyl (C=O) groups is 5. The Balaban J connectivity index is 2.66. The standard InChI is InChI=1S/C18H31N5O6S/c1-10(15(25)22-12(18(28)29)5-6-14(20)24)21-16(26)13-4-3-8-23(13)17(27)11(19)7-9-30-2/h10-13H,3-9,19H2,1-2H3,(H2,20,24)(H,21,26)(H,22,25)(H,28,29). The lowest BCUT2D eigenvalue weighted by atomic mass is 10.1. The predicted octanol–water partition coefficient (Wildman–Crippen LogP) is -1.60. The third-order valence-electron chi connectivity index (χ3n) is 4.83. The number of primary amides is 1. The van der Waals surface area contributed by atoms with Crippen molar-refractivity contribution in [1.82, 2.24) is 15.5 Å². The second-order valence-corrected chi connectivity index (χ2v) is 8.20. The van der Waals surface area contributed by atoms with Gasteiger partial charge in [-0.25, -0.2) is 4.79 Å². The van der Waals surface area contributed by atoms with E-state index in [0.29, 0.717) is 25.8 Å². The third kappa shape index (κ3) is 7.82. The minimum atomic E-state index is -1.31. The molecule has 1 fully saturated rings. The van der Waals surface area contributed by atoms with Crippen LogP contribution in [0.5, 0.6) is 0 Å². The Bertz CT molecular complexity index is 661. The zero-order valence-corrected chi connectivity index (χ0v) is 18.1. The largest absolute Gasteiger partial charge is 0.480 e. The summed E-state index contributed by atoms with van der Waals surface area (Å²) in [6.45, 7) is 1.82. The number of aliphatic carboxylic acids is 1.